The maximum absolute atomic E-state index is 12.8. The molecule has 4 rings (SSSR count). The van der Waals surface area contributed by atoms with E-state index in [-0.39, 0.29) is 18.6 Å². The quantitative estimate of drug-likeness (QED) is 0.432. The lowest BCUT2D eigenvalue weighted by molar-refractivity contribution is 0.0933. The van der Waals surface area contributed by atoms with Gasteiger partial charge in [0.1, 0.15) is 17.2 Å². The van der Waals surface area contributed by atoms with Crippen LogP contribution in [-0.2, 0) is 11.3 Å². The van der Waals surface area contributed by atoms with Crippen LogP contribution in [0.15, 0.2) is 48.7 Å². The number of aromatic nitrogens is 2. The fourth-order valence-electron chi connectivity index (χ4n) is 3.50. The Kier molecular flexibility index (Phi) is 5.61. The minimum Gasteiger partial charge on any atom is -0.457 e. The first-order valence-corrected chi connectivity index (χ1v) is 10.0. The number of hydrogen-bond acceptors (Lipinski definition) is 4. The van der Waals surface area contributed by atoms with Gasteiger partial charge >= 0.3 is 0 Å². The maximum Gasteiger partial charge on any atom is 0.270 e. The zero-order valence-electron chi connectivity index (χ0n) is 17.0. The largest absolute Gasteiger partial charge is 0.457 e. The van der Waals surface area contributed by atoms with Crippen molar-refractivity contribution in [3.8, 4) is 11.5 Å². The van der Waals surface area contributed by atoms with Crippen LogP contribution in [0.4, 0.5) is 0 Å². The van der Waals surface area contributed by atoms with E-state index in [0.29, 0.717) is 27.8 Å². The fraction of sp³-hybridized carbons (Fsp3) is 0.217. The van der Waals surface area contributed by atoms with Crippen LogP contribution in [0.3, 0.4) is 0 Å². The molecule has 0 radical (unpaired) electrons. The van der Waals surface area contributed by atoms with Crippen molar-refractivity contribution < 1.29 is 14.3 Å². The predicted molar refractivity (Wildman–Crippen MR) is 118 cm³/mol. The van der Waals surface area contributed by atoms with Gasteiger partial charge in [-0.3, -0.25) is 4.79 Å². The predicted octanol–water partition coefficient (Wildman–Crippen LogP) is 5.45. The number of carbonyl (C=O) groups is 1. The number of nitrogens with zero attached hydrogens (tertiary/aromatic N) is 1. The number of pyridine rings is 1. The second-order valence-electron chi connectivity index (χ2n) is 7.29. The van der Waals surface area contributed by atoms with E-state index in [2.05, 4.69) is 15.3 Å². The molecule has 0 fully saturated rings. The molecule has 0 aliphatic carbocycles. The number of carbonyl (C=O) groups excluding carboxylic acids is 1. The van der Waals surface area contributed by atoms with Gasteiger partial charge in [0, 0.05) is 29.1 Å². The Balaban J connectivity index is 1.93. The molecule has 0 bridgehead atoms. The highest BCUT2D eigenvalue weighted by Crippen LogP contribution is 2.38. The number of aromatic amines is 1. The molecule has 4 aromatic rings. The second kappa shape index (κ2) is 8.34. The molecule has 0 atom stereocenters. The molecule has 0 unspecified atom stereocenters. The first kappa shape index (κ1) is 20.2. The Morgan fingerprint density at radius 3 is 2.60 bits per heavy atom. The number of fused-ring (bicyclic) bond motifs is 3. The molecule has 2 aromatic carbocycles. The summed E-state index contributed by atoms with van der Waals surface area (Å²) < 4.78 is 11.6. The number of ether oxygens (including phenoxy) is 2. The molecule has 30 heavy (non-hydrogen) atoms. The van der Waals surface area contributed by atoms with Crippen molar-refractivity contribution in [3.05, 3.63) is 64.9 Å². The maximum atomic E-state index is 12.8. The third-order valence-corrected chi connectivity index (χ3v) is 4.94. The molecular weight excluding hydrogens is 402 g/mol. The molecule has 7 heteroatoms. The molecular formula is C23H22ClN3O3. The van der Waals surface area contributed by atoms with Crippen LogP contribution in [0.25, 0.3) is 21.8 Å². The number of halogens is 1. The molecule has 6 nitrogen and oxygen atoms in total. The molecule has 0 aliphatic rings. The van der Waals surface area contributed by atoms with Crippen LogP contribution >= 0.6 is 11.6 Å². The van der Waals surface area contributed by atoms with E-state index < -0.39 is 0 Å². The summed E-state index contributed by atoms with van der Waals surface area (Å²) in [4.78, 5) is 20.6. The lowest BCUT2D eigenvalue weighted by atomic mass is 10.0. The zero-order valence-corrected chi connectivity index (χ0v) is 17.7. The fourth-order valence-corrected chi connectivity index (χ4v) is 3.62. The van der Waals surface area contributed by atoms with Gasteiger partial charge in [-0.1, -0.05) is 17.7 Å². The number of methoxy groups -OCH3 is 1. The van der Waals surface area contributed by atoms with Crippen LogP contribution in [-0.4, -0.2) is 29.0 Å². The van der Waals surface area contributed by atoms with Gasteiger partial charge in [-0.2, -0.15) is 0 Å². The Morgan fingerprint density at radius 2 is 1.90 bits per heavy atom. The highest BCUT2D eigenvalue weighted by Gasteiger charge is 2.21. The van der Waals surface area contributed by atoms with E-state index in [1.165, 1.54) is 0 Å². The molecule has 154 valence electrons. The van der Waals surface area contributed by atoms with Crippen LogP contribution in [0.5, 0.6) is 11.5 Å². The van der Waals surface area contributed by atoms with Gasteiger partial charge < -0.3 is 19.8 Å². The van der Waals surface area contributed by atoms with Crippen molar-refractivity contribution in [2.24, 2.45) is 0 Å². The SMILES string of the molecule is COCc1c(C(=O)NC(C)C)ncc2[nH]c3cccc(Oc4ccc(Cl)cc4)c3c12. The highest BCUT2D eigenvalue weighted by molar-refractivity contribution is 6.30. The lowest BCUT2D eigenvalue weighted by Crippen LogP contribution is -2.31. The summed E-state index contributed by atoms with van der Waals surface area (Å²) in [7, 11) is 1.60. The van der Waals surface area contributed by atoms with E-state index in [1.807, 2.05) is 44.2 Å². The Bertz CT molecular complexity index is 1220. The summed E-state index contributed by atoms with van der Waals surface area (Å²) in [6.07, 6.45) is 1.68. The van der Waals surface area contributed by atoms with E-state index in [1.54, 1.807) is 25.4 Å². The van der Waals surface area contributed by atoms with Crippen LogP contribution < -0.4 is 10.1 Å². The molecule has 0 aliphatic heterocycles. The molecule has 0 spiro atoms. The number of hydrogen-bond donors (Lipinski definition) is 2. The molecule has 2 aromatic heterocycles. The van der Waals surface area contributed by atoms with E-state index in [4.69, 9.17) is 21.1 Å². The van der Waals surface area contributed by atoms with Gasteiger partial charge in [-0.05, 0) is 50.2 Å². The van der Waals surface area contributed by atoms with Crippen molar-refractivity contribution in [2.75, 3.05) is 7.11 Å². The standard InChI is InChI=1S/C23H22ClN3O3/c1-13(2)26-23(28)22-16(12-29-3)20-18(11-25-22)27-17-5-4-6-19(21(17)20)30-15-9-7-14(24)8-10-15/h4-11,13,27H,12H2,1-3H3,(H,26,28). The highest BCUT2D eigenvalue weighted by atomic mass is 35.5. The summed E-state index contributed by atoms with van der Waals surface area (Å²) in [5.74, 6) is 1.10. The lowest BCUT2D eigenvalue weighted by Gasteiger charge is -2.13. The molecule has 2 N–H and O–H groups in total. The van der Waals surface area contributed by atoms with Crippen LogP contribution in [0.1, 0.15) is 29.9 Å². The monoisotopic (exact) mass is 423 g/mol. The second-order valence-corrected chi connectivity index (χ2v) is 7.73. The van der Waals surface area contributed by atoms with Crippen molar-refractivity contribution in [3.63, 3.8) is 0 Å². The van der Waals surface area contributed by atoms with Gasteiger partial charge in [0.15, 0.2) is 0 Å². The number of amides is 1. The summed E-state index contributed by atoms with van der Waals surface area (Å²) in [6.45, 7) is 4.07. The van der Waals surface area contributed by atoms with Gasteiger partial charge in [-0.25, -0.2) is 4.98 Å². The van der Waals surface area contributed by atoms with E-state index in [0.717, 1.165) is 21.8 Å². The first-order chi connectivity index (χ1) is 14.5. The molecule has 1 amide bonds. The molecule has 0 saturated heterocycles. The van der Waals surface area contributed by atoms with Gasteiger partial charge in [0.25, 0.3) is 5.91 Å². The topological polar surface area (TPSA) is 76.2 Å². The minimum absolute atomic E-state index is 0.00263. The van der Waals surface area contributed by atoms with Crippen molar-refractivity contribution in [1.82, 2.24) is 15.3 Å². The van der Waals surface area contributed by atoms with Crippen molar-refractivity contribution in [1.29, 1.82) is 0 Å². The smallest absolute Gasteiger partial charge is 0.270 e. The Morgan fingerprint density at radius 1 is 1.13 bits per heavy atom. The molecule has 0 saturated carbocycles. The number of nitrogens with one attached hydrogen (secondary N) is 2. The van der Waals surface area contributed by atoms with Gasteiger partial charge in [-0.15, -0.1) is 0 Å². The first-order valence-electron chi connectivity index (χ1n) is 9.63. The van der Waals surface area contributed by atoms with Crippen molar-refractivity contribution >= 4 is 39.3 Å². The van der Waals surface area contributed by atoms with Gasteiger partial charge in [0.2, 0.25) is 0 Å². The Hall–Kier alpha value is -3.09. The van der Waals surface area contributed by atoms with Gasteiger partial charge in [0.05, 0.1) is 29.2 Å². The average Bonchev–Trinajstić information content (AvgIpc) is 3.09. The third-order valence-electron chi connectivity index (χ3n) is 4.69. The van der Waals surface area contributed by atoms with Crippen LogP contribution in [0.2, 0.25) is 5.02 Å². The third kappa shape index (κ3) is 3.84. The van der Waals surface area contributed by atoms with Crippen molar-refractivity contribution in [2.45, 2.75) is 26.5 Å². The number of benzene rings is 2. The van der Waals surface area contributed by atoms with E-state index >= 15 is 0 Å². The summed E-state index contributed by atoms with van der Waals surface area (Å²) in [6, 6.07) is 13.0. The molecule has 2 heterocycles. The number of rotatable bonds is 6. The minimum atomic E-state index is -0.232. The summed E-state index contributed by atoms with van der Waals surface area (Å²) in [5.41, 5.74) is 2.76. The average molecular weight is 424 g/mol. The summed E-state index contributed by atoms with van der Waals surface area (Å²) in [5, 5.41) is 5.28. The summed E-state index contributed by atoms with van der Waals surface area (Å²) >= 11 is 5.99. The number of H-pyrrole nitrogens is 1. The van der Waals surface area contributed by atoms with E-state index in [9.17, 15) is 4.79 Å². The normalized spacial score (nSPS) is 11.4. The van der Waals surface area contributed by atoms with Crippen LogP contribution in [0, 0.1) is 0 Å². The Labute approximate surface area is 179 Å². The zero-order chi connectivity index (χ0) is 21.3.